The average Bonchev–Trinajstić information content (AvgIpc) is 2.06. The average molecular weight is 172 g/mol. The fourth-order valence-corrected chi connectivity index (χ4v) is 0.751. The third-order valence-corrected chi connectivity index (χ3v) is 1.33. The highest BCUT2D eigenvalue weighted by molar-refractivity contribution is 6.35. The number of carbonyl (C=O) groups excluding carboxylic acids is 1. The van der Waals surface area contributed by atoms with Gasteiger partial charge in [0.1, 0.15) is 6.10 Å². The lowest BCUT2D eigenvalue weighted by molar-refractivity contribution is -0.136. The van der Waals surface area contributed by atoms with Crippen molar-refractivity contribution in [1.29, 1.82) is 0 Å². The number of carbonyl (C=O) groups is 1. The predicted octanol–water partition coefficient (Wildman–Crippen LogP) is -0.129. The van der Waals surface area contributed by atoms with Gasteiger partial charge in [-0.1, -0.05) is 0 Å². The monoisotopic (exact) mass is 172 g/mol. The van der Waals surface area contributed by atoms with Gasteiger partial charge in [-0.2, -0.15) is 0 Å². The molecular weight excluding hydrogens is 160 g/mol. The second-order valence-corrected chi connectivity index (χ2v) is 2.44. The highest BCUT2D eigenvalue weighted by Gasteiger charge is 2.18. The molecule has 1 aliphatic heterocycles. The molecule has 1 heterocycles. The molecule has 0 radical (unpaired) electrons. The van der Waals surface area contributed by atoms with E-state index in [-0.39, 0.29) is 11.9 Å². The first kappa shape index (κ1) is 8.99. The maximum absolute atomic E-state index is 11.0. The molecule has 0 spiro atoms. The van der Waals surface area contributed by atoms with Crippen LogP contribution in [-0.2, 0) is 14.4 Å². The molecule has 0 saturated carbocycles. The van der Waals surface area contributed by atoms with Gasteiger partial charge < -0.3 is 4.74 Å². The fourth-order valence-electron chi connectivity index (χ4n) is 0.751. The molecule has 1 aliphatic rings. The van der Waals surface area contributed by atoms with Gasteiger partial charge in [0.25, 0.3) is 0 Å². The summed E-state index contributed by atoms with van der Waals surface area (Å²) in [7, 11) is 0. The third-order valence-electron chi connectivity index (χ3n) is 1.33. The molecule has 1 unspecified atom stereocenters. The van der Waals surface area contributed by atoms with Crippen LogP contribution in [0.3, 0.4) is 0 Å². The number of hydroxylamine groups is 1. The van der Waals surface area contributed by atoms with E-state index in [0.717, 1.165) is 0 Å². The number of aliphatic imine (C=N–C) groups is 1. The van der Waals surface area contributed by atoms with Crippen molar-refractivity contribution >= 4 is 11.8 Å². The molecule has 1 atom stereocenters. The van der Waals surface area contributed by atoms with Crippen molar-refractivity contribution in [2.24, 2.45) is 4.99 Å². The third kappa shape index (κ3) is 2.20. The van der Waals surface area contributed by atoms with E-state index < -0.39 is 5.97 Å². The van der Waals surface area contributed by atoms with Crippen LogP contribution in [0.5, 0.6) is 0 Å². The summed E-state index contributed by atoms with van der Waals surface area (Å²) < 4.78 is 4.70. The van der Waals surface area contributed by atoms with Crippen LogP contribution in [0.15, 0.2) is 4.99 Å². The minimum absolute atomic E-state index is 0.00294. The molecule has 5 nitrogen and oxygen atoms in total. The Morgan fingerprint density at radius 1 is 1.92 bits per heavy atom. The Bertz CT molecular complexity index is 203. The van der Waals surface area contributed by atoms with E-state index in [0.29, 0.717) is 13.2 Å². The maximum Gasteiger partial charge on any atom is 0.375 e. The van der Waals surface area contributed by atoms with E-state index in [9.17, 15) is 4.79 Å². The number of esters is 1. The summed E-state index contributed by atoms with van der Waals surface area (Å²) in [6.07, 6.45) is 0.00294. The zero-order chi connectivity index (χ0) is 8.97. The molecule has 5 heteroatoms. The van der Waals surface area contributed by atoms with E-state index in [1.165, 1.54) is 0 Å². The first-order chi connectivity index (χ1) is 5.74. The molecule has 68 valence electrons. The first-order valence-corrected chi connectivity index (χ1v) is 3.87. The van der Waals surface area contributed by atoms with Crippen LogP contribution in [0.1, 0.15) is 13.8 Å². The standard InChI is InChI=1S/C7H12N2O3/c1-3-11-7(10)6-8-4-5(2)12-9-6/h5H,3-4H2,1-2H3,(H,8,9). The highest BCUT2D eigenvalue weighted by Crippen LogP contribution is 1.96. The van der Waals surface area contributed by atoms with Crippen molar-refractivity contribution in [2.45, 2.75) is 20.0 Å². The lowest BCUT2D eigenvalue weighted by Crippen LogP contribution is -2.40. The molecule has 0 fully saturated rings. The molecule has 0 aromatic heterocycles. The molecule has 0 saturated heterocycles. The number of ether oxygens (including phenoxy) is 1. The zero-order valence-electron chi connectivity index (χ0n) is 7.16. The zero-order valence-corrected chi connectivity index (χ0v) is 7.16. The van der Waals surface area contributed by atoms with Crippen LogP contribution in [0.4, 0.5) is 0 Å². The molecule has 0 aromatic rings. The van der Waals surface area contributed by atoms with Gasteiger partial charge in [0.15, 0.2) is 0 Å². The van der Waals surface area contributed by atoms with Gasteiger partial charge in [-0.3, -0.25) is 9.83 Å². The Morgan fingerprint density at radius 2 is 2.67 bits per heavy atom. The highest BCUT2D eigenvalue weighted by atomic mass is 16.7. The Kier molecular flexibility index (Phi) is 3.04. The quantitative estimate of drug-likeness (QED) is 0.589. The lowest BCUT2D eigenvalue weighted by atomic mass is 10.4. The first-order valence-electron chi connectivity index (χ1n) is 3.87. The molecule has 0 bridgehead atoms. The predicted molar refractivity (Wildman–Crippen MR) is 42.6 cm³/mol. The second kappa shape index (κ2) is 4.06. The van der Waals surface area contributed by atoms with Crippen LogP contribution in [0.25, 0.3) is 0 Å². The van der Waals surface area contributed by atoms with Gasteiger partial charge in [0, 0.05) is 0 Å². The summed E-state index contributed by atoms with van der Waals surface area (Å²) in [6.45, 7) is 4.43. The van der Waals surface area contributed by atoms with E-state index in [1.807, 2.05) is 6.92 Å². The normalized spacial score (nSPS) is 22.5. The summed E-state index contributed by atoms with van der Waals surface area (Å²) in [6, 6.07) is 0. The Balaban J connectivity index is 2.47. The Labute approximate surface area is 70.7 Å². The van der Waals surface area contributed by atoms with Gasteiger partial charge >= 0.3 is 5.97 Å². The van der Waals surface area contributed by atoms with Gasteiger partial charge in [0.2, 0.25) is 5.84 Å². The topological polar surface area (TPSA) is 59.9 Å². The minimum Gasteiger partial charge on any atom is -0.460 e. The Morgan fingerprint density at radius 3 is 3.17 bits per heavy atom. The van der Waals surface area contributed by atoms with Crippen molar-refractivity contribution < 1.29 is 14.4 Å². The molecule has 1 N–H and O–H groups in total. The lowest BCUT2D eigenvalue weighted by Gasteiger charge is -2.18. The van der Waals surface area contributed by atoms with Gasteiger partial charge in [-0.25, -0.2) is 10.3 Å². The molecular formula is C7H12N2O3. The van der Waals surface area contributed by atoms with Gasteiger partial charge in [-0.15, -0.1) is 0 Å². The van der Waals surface area contributed by atoms with Crippen molar-refractivity contribution in [3.8, 4) is 0 Å². The fraction of sp³-hybridized carbons (Fsp3) is 0.714. The summed E-state index contributed by atoms with van der Waals surface area (Å²) in [4.78, 5) is 19.9. The number of nitrogens with one attached hydrogen (secondary N) is 1. The number of nitrogens with zero attached hydrogens (tertiary/aromatic N) is 1. The van der Waals surface area contributed by atoms with Crippen LogP contribution < -0.4 is 5.48 Å². The van der Waals surface area contributed by atoms with Gasteiger partial charge in [-0.05, 0) is 13.8 Å². The molecule has 12 heavy (non-hydrogen) atoms. The number of hydrogen-bond acceptors (Lipinski definition) is 5. The van der Waals surface area contributed by atoms with Crippen molar-refractivity contribution in [1.82, 2.24) is 5.48 Å². The SMILES string of the molecule is CCOC(=O)C1=NCC(C)ON1. The van der Waals surface area contributed by atoms with Crippen LogP contribution in [0.2, 0.25) is 0 Å². The van der Waals surface area contributed by atoms with E-state index in [4.69, 9.17) is 9.57 Å². The van der Waals surface area contributed by atoms with Crippen molar-refractivity contribution in [3.05, 3.63) is 0 Å². The largest absolute Gasteiger partial charge is 0.460 e. The summed E-state index contributed by atoms with van der Waals surface area (Å²) in [5.74, 6) is -0.320. The Hall–Kier alpha value is -1.10. The van der Waals surface area contributed by atoms with Crippen molar-refractivity contribution in [3.63, 3.8) is 0 Å². The van der Waals surface area contributed by atoms with Crippen LogP contribution >= 0.6 is 0 Å². The number of hydrogen-bond donors (Lipinski definition) is 1. The van der Waals surface area contributed by atoms with Gasteiger partial charge in [0.05, 0.1) is 13.2 Å². The summed E-state index contributed by atoms with van der Waals surface area (Å²) in [5, 5.41) is 0. The van der Waals surface area contributed by atoms with E-state index in [1.54, 1.807) is 6.92 Å². The van der Waals surface area contributed by atoms with Crippen LogP contribution in [-0.4, -0.2) is 31.1 Å². The van der Waals surface area contributed by atoms with E-state index >= 15 is 0 Å². The molecule has 1 rings (SSSR count). The number of rotatable bonds is 2. The molecule has 0 aliphatic carbocycles. The van der Waals surface area contributed by atoms with E-state index in [2.05, 4.69) is 10.5 Å². The van der Waals surface area contributed by atoms with Crippen molar-refractivity contribution in [2.75, 3.05) is 13.2 Å². The smallest absolute Gasteiger partial charge is 0.375 e. The maximum atomic E-state index is 11.0. The summed E-state index contributed by atoms with van der Waals surface area (Å²) in [5.41, 5.74) is 2.43. The molecule has 0 aromatic carbocycles. The summed E-state index contributed by atoms with van der Waals surface area (Å²) >= 11 is 0. The molecule has 0 amide bonds. The number of amidine groups is 1. The van der Waals surface area contributed by atoms with Crippen LogP contribution in [0, 0.1) is 0 Å². The minimum atomic E-state index is -0.468. The second-order valence-electron chi connectivity index (χ2n) is 2.44.